The fraction of sp³-hybridized carbons (Fsp3) is 0.324. The zero-order valence-corrected chi connectivity index (χ0v) is 27.0. The number of amides is 1. The number of fused-ring (bicyclic) bond motifs is 1. The van der Waals surface area contributed by atoms with Gasteiger partial charge in [-0.15, -0.1) is 0 Å². The summed E-state index contributed by atoms with van der Waals surface area (Å²) in [7, 11) is 0. The summed E-state index contributed by atoms with van der Waals surface area (Å²) in [6.07, 6.45) is -0.0810. The molecule has 1 amide bonds. The Bertz CT molecular complexity index is 2010. The van der Waals surface area contributed by atoms with Crippen molar-refractivity contribution >= 4 is 22.8 Å². The van der Waals surface area contributed by atoms with Crippen LogP contribution in [0.25, 0.3) is 16.7 Å². The second kappa shape index (κ2) is 15.1. The fourth-order valence-corrected chi connectivity index (χ4v) is 6.02. The van der Waals surface area contributed by atoms with E-state index in [1.54, 1.807) is 49.5 Å². The van der Waals surface area contributed by atoms with E-state index in [9.17, 15) is 27.2 Å². The van der Waals surface area contributed by atoms with Gasteiger partial charge in [-0.2, -0.15) is 13.2 Å². The van der Waals surface area contributed by atoms with E-state index in [2.05, 4.69) is 14.9 Å². The van der Waals surface area contributed by atoms with E-state index in [1.807, 2.05) is 19.1 Å². The van der Waals surface area contributed by atoms with Crippen molar-refractivity contribution in [1.29, 1.82) is 0 Å². The molecule has 0 bridgehead atoms. The Morgan fingerprint density at radius 3 is 2.38 bits per heavy atom. The monoisotopic (exact) mass is 690 g/mol. The summed E-state index contributed by atoms with van der Waals surface area (Å²) in [6, 6.07) is 15.4. The molecule has 0 radical (unpaired) electrons. The van der Waals surface area contributed by atoms with Crippen molar-refractivity contribution in [3.05, 3.63) is 118 Å². The maximum atomic E-state index is 14.1. The molecule has 4 heterocycles. The zero-order chi connectivity index (χ0) is 34.7. The Balaban J connectivity index is 0.00000486. The number of carbonyl (C=O) groups excluding carboxylic acids is 1. The minimum absolute atomic E-state index is 0. The molecular formula is C37H38F4N6O3. The molecule has 6 rings (SSSR count). The first-order chi connectivity index (χ1) is 23.5. The molecule has 0 N–H and O–H groups in total. The van der Waals surface area contributed by atoms with Crippen LogP contribution in [0.4, 0.5) is 23.4 Å². The molecule has 3 aromatic heterocycles. The third-order valence-electron chi connectivity index (χ3n) is 8.52. The van der Waals surface area contributed by atoms with E-state index in [0.29, 0.717) is 35.7 Å². The van der Waals surface area contributed by atoms with Gasteiger partial charge in [0.2, 0.25) is 5.91 Å². The normalized spacial score (nSPS) is 13.6. The topological polar surface area (TPSA) is 93.4 Å². The third kappa shape index (κ3) is 7.61. The number of halogens is 4. The summed E-state index contributed by atoms with van der Waals surface area (Å²) in [5.74, 6) is -0.395. The van der Waals surface area contributed by atoms with Crippen LogP contribution in [0, 0.1) is 5.82 Å². The number of ether oxygens (including phenoxy) is 1. The summed E-state index contributed by atoms with van der Waals surface area (Å²) < 4.78 is 61.7. The highest BCUT2D eigenvalue weighted by Gasteiger charge is 2.35. The molecule has 50 heavy (non-hydrogen) atoms. The van der Waals surface area contributed by atoms with Gasteiger partial charge >= 0.3 is 6.18 Å². The van der Waals surface area contributed by atoms with Crippen molar-refractivity contribution in [1.82, 2.24) is 24.4 Å². The van der Waals surface area contributed by atoms with Crippen molar-refractivity contribution < 1.29 is 27.1 Å². The number of carbonyl (C=O) groups is 1. The van der Waals surface area contributed by atoms with Crippen LogP contribution >= 0.6 is 0 Å². The highest BCUT2D eigenvalue weighted by molar-refractivity contribution is 5.79. The van der Waals surface area contributed by atoms with Crippen LogP contribution in [0.15, 0.2) is 83.9 Å². The Morgan fingerprint density at radius 2 is 1.72 bits per heavy atom. The number of hydrogen-bond acceptors (Lipinski definition) is 7. The first-order valence-electron chi connectivity index (χ1n) is 16.0. The molecule has 1 aliphatic heterocycles. The van der Waals surface area contributed by atoms with Gasteiger partial charge in [0.1, 0.15) is 23.2 Å². The van der Waals surface area contributed by atoms with Crippen LogP contribution < -0.4 is 15.2 Å². The van der Waals surface area contributed by atoms with Crippen molar-refractivity contribution in [2.24, 2.45) is 0 Å². The second-order valence-electron chi connectivity index (χ2n) is 11.8. The van der Waals surface area contributed by atoms with Gasteiger partial charge in [-0.3, -0.25) is 14.2 Å². The molecule has 262 valence electrons. The van der Waals surface area contributed by atoms with Crippen LogP contribution in [0.5, 0.6) is 5.75 Å². The summed E-state index contributed by atoms with van der Waals surface area (Å²) >= 11 is 0. The molecule has 0 aliphatic carbocycles. The van der Waals surface area contributed by atoms with E-state index in [1.165, 1.54) is 15.7 Å². The molecular weight excluding hydrogens is 652 g/mol. The Kier molecular flexibility index (Phi) is 10.8. The van der Waals surface area contributed by atoms with Gasteiger partial charge in [-0.05, 0) is 92.4 Å². The quantitative estimate of drug-likeness (QED) is 0.142. The number of rotatable bonds is 10. The molecule has 13 heteroatoms. The van der Waals surface area contributed by atoms with Gasteiger partial charge in [0.15, 0.2) is 5.65 Å². The first-order valence-corrected chi connectivity index (χ1v) is 16.0. The lowest BCUT2D eigenvalue weighted by molar-refractivity contribution is -0.140. The van der Waals surface area contributed by atoms with Gasteiger partial charge < -0.3 is 14.5 Å². The molecule has 0 saturated carbocycles. The van der Waals surface area contributed by atoms with E-state index in [4.69, 9.17) is 9.72 Å². The highest BCUT2D eigenvalue weighted by Crippen LogP contribution is 2.33. The Morgan fingerprint density at radius 1 is 1.00 bits per heavy atom. The highest BCUT2D eigenvalue weighted by atomic mass is 19.4. The molecule has 5 aromatic rings. The summed E-state index contributed by atoms with van der Waals surface area (Å²) in [6.45, 7) is 5.80. The molecule has 0 spiro atoms. The minimum atomic E-state index is -4.94. The minimum Gasteiger partial charge on any atom is -0.494 e. The predicted molar refractivity (Wildman–Crippen MR) is 183 cm³/mol. The average molecular weight is 691 g/mol. The largest absolute Gasteiger partial charge is 0.494 e. The first kappa shape index (κ1) is 36.0. The number of aromatic nitrogens is 4. The van der Waals surface area contributed by atoms with Crippen LogP contribution in [0.3, 0.4) is 0 Å². The smallest absolute Gasteiger partial charge is 0.419 e. The van der Waals surface area contributed by atoms with Crippen LogP contribution in [0.2, 0.25) is 0 Å². The third-order valence-corrected chi connectivity index (χ3v) is 8.52. The van der Waals surface area contributed by atoms with Gasteiger partial charge in [-0.25, -0.2) is 19.3 Å². The number of nitrogens with zero attached hydrogens (tertiary/aromatic N) is 6. The standard InChI is InChI=1S/C36H34F4N6O3.CH4/c1-3-49-27-12-10-26(11-13-27)46-34(43-33-28(35(46)48)7-6-16-41-33)23(2)45(22-25-9-15-31(42-21-25)44-17-4-5-18-44)32(47)20-24-8-14-30(37)29(19-24)36(38,39)40;/h6-16,19,21,23H,3-5,17-18,20,22H2,1-2H3;1H4/t23-;/m1./s1. The van der Waals surface area contributed by atoms with Crippen molar-refractivity contribution in [3.63, 3.8) is 0 Å². The number of alkyl halides is 3. The molecule has 1 aliphatic rings. The number of hydrogen-bond donors (Lipinski definition) is 0. The Labute approximate surface area is 287 Å². The van der Waals surface area contributed by atoms with Gasteiger partial charge in [0.25, 0.3) is 5.56 Å². The lowest BCUT2D eigenvalue weighted by atomic mass is 10.1. The second-order valence-corrected chi connectivity index (χ2v) is 11.8. The lowest BCUT2D eigenvalue weighted by Crippen LogP contribution is -2.38. The van der Waals surface area contributed by atoms with Gasteiger partial charge in [-0.1, -0.05) is 19.6 Å². The SMILES string of the molecule is C.CCOc1ccc(-n2c([C@@H](C)N(Cc3ccc(N4CCCC4)nc3)C(=O)Cc3ccc(F)c(C(F)(F)F)c3)nc3ncccc3c2=O)cc1. The lowest BCUT2D eigenvalue weighted by Gasteiger charge is -2.31. The van der Waals surface area contributed by atoms with Crippen molar-refractivity contribution in [2.75, 3.05) is 24.6 Å². The fourth-order valence-electron chi connectivity index (χ4n) is 6.02. The van der Waals surface area contributed by atoms with Crippen molar-refractivity contribution in [3.8, 4) is 11.4 Å². The number of pyridine rings is 2. The maximum Gasteiger partial charge on any atom is 0.419 e. The zero-order valence-electron chi connectivity index (χ0n) is 27.0. The van der Waals surface area contributed by atoms with Gasteiger partial charge in [0, 0.05) is 32.0 Å². The van der Waals surface area contributed by atoms with Crippen LogP contribution in [-0.2, 0) is 23.9 Å². The van der Waals surface area contributed by atoms with E-state index >= 15 is 0 Å². The molecule has 0 unspecified atom stereocenters. The number of benzene rings is 2. The number of anilines is 1. The molecule has 1 atom stereocenters. The molecule has 9 nitrogen and oxygen atoms in total. The van der Waals surface area contributed by atoms with E-state index < -0.39 is 41.5 Å². The molecule has 1 saturated heterocycles. The van der Waals surface area contributed by atoms with E-state index in [-0.39, 0.29) is 36.4 Å². The van der Waals surface area contributed by atoms with Crippen molar-refractivity contribution in [2.45, 2.75) is 59.3 Å². The summed E-state index contributed by atoms with van der Waals surface area (Å²) in [5, 5.41) is 0.262. The van der Waals surface area contributed by atoms with Crippen LogP contribution in [0.1, 0.15) is 62.7 Å². The van der Waals surface area contributed by atoms with E-state index in [0.717, 1.165) is 37.8 Å². The summed E-state index contributed by atoms with van der Waals surface area (Å²) in [4.78, 5) is 45.4. The van der Waals surface area contributed by atoms with Crippen LogP contribution in [-0.4, -0.2) is 50.0 Å². The van der Waals surface area contributed by atoms with Gasteiger partial charge in [0.05, 0.1) is 35.7 Å². The predicted octanol–water partition coefficient (Wildman–Crippen LogP) is 7.30. The summed E-state index contributed by atoms with van der Waals surface area (Å²) in [5.41, 5.74) is -0.588. The molecule has 1 fully saturated rings. The maximum absolute atomic E-state index is 14.1. The average Bonchev–Trinajstić information content (AvgIpc) is 3.63. The Hall–Kier alpha value is -5.33. The molecule has 2 aromatic carbocycles.